The number of benzene rings is 2. The van der Waals surface area contributed by atoms with E-state index in [1.807, 2.05) is 36.5 Å². The first kappa shape index (κ1) is 17.3. The maximum Gasteiger partial charge on any atom is 0.218 e. The zero-order valence-electron chi connectivity index (χ0n) is 14.4. The van der Waals surface area contributed by atoms with Crippen LogP contribution in [0.25, 0.3) is 16.9 Å². The number of carbonyl (C=O) groups excluding carboxylic acids is 1. The topological polar surface area (TPSA) is 60.9 Å². The number of primary amides is 1. The first-order chi connectivity index (χ1) is 12.0. The van der Waals surface area contributed by atoms with Gasteiger partial charge in [0.15, 0.2) is 5.16 Å². The van der Waals surface area contributed by atoms with Crippen LogP contribution < -0.4 is 5.73 Å². The predicted molar refractivity (Wildman–Crippen MR) is 103 cm³/mol. The van der Waals surface area contributed by atoms with E-state index in [1.54, 1.807) is 11.8 Å². The van der Waals surface area contributed by atoms with Crippen LogP contribution in [0.5, 0.6) is 0 Å². The molecule has 0 unspecified atom stereocenters. The van der Waals surface area contributed by atoms with Gasteiger partial charge in [-0.25, -0.2) is 4.98 Å². The highest BCUT2D eigenvalue weighted by Crippen LogP contribution is 2.28. The number of para-hydroxylation sites is 1. The minimum absolute atomic E-state index is 0.292. The number of hydrogen-bond donors (Lipinski definition) is 1. The molecule has 0 aliphatic rings. The van der Waals surface area contributed by atoms with Crippen LogP contribution in [0.4, 0.5) is 0 Å². The summed E-state index contributed by atoms with van der Waals surface area (Å²) in [6.45, 7) is 4.21. The molecule has 0 fully saturated rings. The lowest BCUT2D eigenvalue weighted by molar-refractivity contribution is -0.117. The van der Waals surface area contributed by atoms with Crippen LogP contribution in [0.2, 0.25) is 0 Å². The molecule has 128 valence electrons. The van der Waals surface area contributed by atoms with Crippen LogP contribution in [0.3, 0.4) is 0 Å². The van der Waals surface area contributed by atoms with Gasteiger partial charge in [0, 0.05) is 29.6 Å². The Morgan fingerprint density at radius 3 is 2.56 bits per heavy atom. The molecule has 0 saturated heterocycles. The molecule has 0 atom stereocenters. The Hall–Kier alpha value is -2.53. The molecule has 0 spiro atoms. The molecule has 1 aromatic heterocycles. The molecule has 0 saturated carbocycles. The van der Waals surface area contributed by atoms with E-state index < -0.39 is 0 Å². The highest BCUT2D eigenvalue weighted by molar-refractivity contribution is 7.99. The summed E-state index contributed by atoms with van der Waals surface area (Å²) in [5.74, 6) is 0.325. The van der Waals surface area contributed by atoms with Gasteiger partial charge >= 0.3 is 0 Å². The molecule has 0 aliphatic heterocycles. The van der Waals surface area contributed by atoms with Gasteiger partial charge in [0.2, 0.25) is 5.91 Å². The number of aryl methyl sites for hydroxylation is 2. The quantitative estimate of drug-likeness (QED) is 0.680. The first-order valence-electron chi connectivity index (χ1n) is 8.18. The van der Waals surface area contributed by atoms with Crippen molar-refractivity contribution in [2.45, 2.75) is 25.4 Å². The Morgan fingerprint density at radius 1 is 1.12 bits per heavy atom. The van der Waals surface area contributed by atoms with Crippen molar-refractivity contribution in [3.8, 4) is 16.9 Å². The number of thioether (sulfide) groups is 1. The number of amides is 1. The van der Waals surface area contributed by atoms with Crippen molar-refractivity contribution in [3.63, 3.8) is 0 Å². The summed E-state index contributed by atoms with van der Waals surface area (Å²) in [4.78, 5) is 15.8. The fourth-order valence-corrected chi connectivity index (χ4v) is 3.47. The molecular formula is C20H21N3OS. The van der Waals surface area contributed by atoms with E-state index in [0.29, 0.717) is 12.2 Å². The van der Waals surface area contributed by atoms with Crippen LogP contribution in [0, 0.1) is 13.8 Å². The summed E-state index contributed by atoms with van der Waals surface area (Å²) in [7, 11) is 0. The van der Waals surface area contributed by atoms with Crippen LogP contribution >= 0.6 is 11.8 Å². The lowest BCUT2D eigenvalue weighted by atomic mass is 10.0. The highest BCUT2D eigenvalue weighted by Gasteiger charge is 2.12. The van der Waals surface area contributed by atoms with Gasteiger partial charge in [-0.1, -0.05) is 42.1 Å². The van der Waals surface area contributed by atoms with E-state index in [-0.39, 0.29) is 5.91 Å². The lowest BCUT2D eigenvalue weighted by Crippen LogP contribution is -2.11. The largest absolute Gasteiger partial charge is 0.370 e. The highest BCUT2D eigenvalue weighted by atomic mass is 32.2. The number of hydrogen-bond acceptors (Lipinski definition) is 3. The van der Waals surface area contributed by atoms with E-state index in [4.69, 9.17) is 10.7 Å². The van der Waals surface area contributed by atoms with Gasteiger partial charge in [0.05, 0.1) is 5.69 Å². The zero-order chi connectivity index (χ0) is 17.8. The van der Waals surface area contributed by atoms with E-state index >= 15 is 0 Å². The Morgan fingerprint density at radius 2 is 1.88 bits per heavy atom. The van der Waals surface area contributed by atoms with Crippen LogP contribution in [-0.4, -0.2) is 21.2 Å². The summed E-state index contributed by atoms with van der Waals surface area (Å²) in [5.41, 5.74) is 10.8. The van der Waals surface area contributed by atoms with Crippen LogP contribution in [0.1, 0.15) is 17.5 Å². The number of carbonyl (C=O) groups is 1. The van der Waals surface area contributed by atoms with Gasteiger partial charge in [0.25, 0.3) is 0 Å². The summed E-state index contributed by atoms with van der Waals surface area (Å²) in [6, 6.07) is 16.5. The fraction of sp³-hybridized carbons (Fsp3) is 0.200. The zero-order valence-corrected chi connectivity index (χ0v) is 15.2. The third-order valence-corrected chi connectivity index (χ3v) is 5.04. The summed E-state index contributed by atoms with van der Waals surface area (Å²) in [6.07, 6.45) is 2.39. The number of rotatable bonds is 6. The standard InChI is InChI=1S/C20H21N3OS/c1-14-8-9-16(12-15(14)2)18-13-23(17-6-4-3-5-7-17)20(22-18)25-11-10-19(21)24/h3-9,12-13H,10-11H2,1-2H3,(H2,21,24). The van der Waals surface area contributed by atoms with Gasteiger partial charge in [-0.3, -0.25) is 9.36 Å². The average molecular weight is 351 g/mol. The van der Waals surface area contributed by atoms with Crippen molar-refractivity contribution in [2.24, 2.45) is 5.73 Å². The maximum atomic E-state index is 11.0. The van der Waals surface area contributed by atoms with Gasteiger partial charge in [-0.05, 0) is 43.2 Å². The fourth-order valence-electron chi connectivity index (χ4n) is 2.52. The number of nitrogens with zero attached hydrogens (tertiary/aromatic N) is 2. The molecular weight excluding hydrogens is 330 g/mol. The number of aromatic nitrogens is 2. The van der Waals surface area contributed by atoms with Crippen molar-refractivity contribution in [1.29, 1.82) is 0 Å². The molecule has 2 aromatic carbocycles. The Kier molecular flexibility index (Phi) is 5.24. The van der Waals surface area contributed by atoms with Crippen molar-refractivity contribution < 1.29 is 4.79 Å². The summed E-state index contributed by atoms with van der Waals surface area (Å²) < 4.78 is 2.07. The van der Waals surface area contributed by atoms with Gasteiger partial charge < -0.3 is 5.73 Å². The molecule has 5 heteroatoms. The second-order valence-corrected chi connectivity index (χ2v) is 7.04. The maximum absolute atomic E-state index is 11.0. The first-order valence-corrected chi connectivity index (χ1v) is 9.16. The van der Waals surface area contributed by atoms with E-state index in [2.05, 4.69) is 36.6 Å². The molecule has 0 bridgehead atoms. The molecule has 0 aliphatic carbocycles. The SMILES string of the molecule is Cc1ccc(-c2cn(-c3ccccc3)c(SCCC(N)=O)n2)cc1C. The third kappa shape index (κ3) is 4.12. The molecule has 1 amide bonds. The normalized spacial score (nSPS) is 10.8. The van der Waals surface area contributed by atoms with E-state index in [0.717, 1.165) is 22.1 Å². The Labute approximate surface area is 152 Å². The Balaban J connectivity index is 1.98. The number of imidazole rings is 1. The second-order valence-electron chi connectivity index (χ2n) is 5.98. The molecule has 2 N–H and O–H groups in total. The van der Waals surface area contributed by atoms with Crippen molar-refractivity contribution in [1.82, 2.24) is 9.55 Å². The number of nitrogens with two attached hydrogens (primary N) is 1. The van der Waals surface area contributed by atoms with Gasteiger partial charge in [-0.2, -0.15) is 0 Å². The van der Waals surface area contributed by atoms with Gasteiger partial charge in [0.1, 0.15) is 0 Å². The molecule has 0 radical (unpaired) electrons. The summed E-state index contributed by atoms with van der Waals surface area (Å²) in [5, 5.41) is 0.862. The van der Waals surface area contributed by atoms with E-state index in [1.165, 1.54) is 11.1 Å². The second kappa shape index (κ2) is 7.57. The molecule has 3 aromatic rings. The predicted octanol–water partition coefficient (Wildman–Crippen LogP) is 4.12. The molecule has 4 nitrogen and oxygen atoms in total. The van der Waals surface area contributed by atoms with Crippen molar-refractivity contribution in [2.75, 3.05) is 5.75 Å². The molecule has 25 heavy (non-hydrogen) atoms. The van der Waals surface area contributed by atoms with Crippen molar-refractivity contribution >= 4 is 17.7 Å². The van der Waals surface area contributed by atoms with Gasteiger partial charge in [-0.15, -0.1) is 0 Å². The summed E-state index contributed by atoms with van der Waals surface area (Å²) >= 11 is 1.54. The van der Waals surface area contributed by atoms with E-state index in [9.17, 15) is 4.79 Å². The minimum Gasteiger partial charge on any atom is -0.370 e. The minimum atomic E-state index is -0.292. The van der Waals surface area contributed by atoms with Crippen LogP contribution in [-0.2, 0) is 4.79 Å². The lowest BCUT2D eigenvalue weighted by Gasteiger charge is -2.06. The third-order valence-electron chi connectivity index (χ3n) is 4.09. The monoisotopic (exact) mass is 351 g/mol. The molecule has 3 rings (SSSR count). The van der Waals surface area contributed by atoms with Crippen LogP contribution in [0.15, 0.2) is 59.9 Å². The molecule has 1 heterocycles. The average Bonchev–Trinajstić information content (AvgIpc) is 3.02. The Bertz CT molecular complexity index is 887. The van der Waals surface area contributed by atoms with Crippen molar-refractivity contribution in [3.05, 3.63) is 65.9 Å². The smallest absolute Gasteiger partial charge is 0.218 e.